The molecular weight excluding hydrogens is 141 g/mol. The van der Waals surface area contributed by atoms with Gasteiger partial charge in [0.05, 0.1) is 0 Å². The average Bonchev–Trinajstić information content (AvgIpc) is 1.98. The zero-order valence-corrected chi connectivity index (χ0v) is 7.58. The minimum Gasteiger partial charge on any atom is -0.325 e. The van der Waals surface area contributed by atoms with E-state index in [-0.39, 0.29) is 6.04 Å². The van der Waals surface area contributed by atoms with Gasteiger partial charge in [-0.2, -0.15) is 11.8 Å². The van der Waals surface area contributed by atoms with Gasteiger partial charge in [0, 0.05) is 6.04 Å². The van der Waals surface area contributed by atoms with Gasteiger partial charge < -0.3 is 5.73 Å². The predicted octanol–water partition coefficient (Wildman–Crippen LogP) is 1.33. The molecule has 57 valence electrons. The highest BCUT2D eigenvalue weighted by Crippen LogP contribution is 2.04. The second-order valence-corrected chi connectivity index (χ2v) is 3.24. The van der Waals surface area contributed by atoms with Crippen molar-refractivity contribution in [3.63, 3.8) is 0 Å². The summed E-state index contributed by atoms with van der Waals surface area (Å²) < 4.78 is 0. The molecule has 0 aromatic carbocycles. The molecule has 0 fully saturated rings. The summed E-state index contributed by atoms with van der Waals surface area (Å²) in [6.45, 7) is 5.81. The van der Waals surface area contributed by atoms with Gasteiger partial charge in [-0.05, 0) is 18.4 Å². The van der Waals surface area contributed by atoms with Crippen molar-refractivity contribution in [2.24, 2.45) is 5.73 Å². The molecule has 10 heavy (non-hydrogen) atoms. The molecule has 0 spiro atoms. The van der Waals surface area contributed by atoms with Crippen molar-refractivity contribution in [2.75, 3.05) is 12.0 Å². The van der Waals surface area contributed by atoms with Crippen LogP contribution in [0, 0.1) is 0 Å². The molecular formula is C7H15BNS. The van der Waals surface area contributed by atoms with Crippen LogP contribution in [0.3, 0.4) is 0 Å². The molecule has 0 saturated carbocycles. The van der Waals surface area contributed by atoms with E-state index < -0.39 is 0 Å². The Labute approximate surface area is 68.7 Å². The molecule has 1 radical (unpaired) electrons. The fourth-order valence-electron chi connectivity index (χ4n) is 0.644. The van der Waals surface area contributed by atoms with E-state index in [2.05, 4.69) is 12.8 Å². The van der Waals surface area contributed by atoms with E-state index in [1.54, 1.807) is 0 Å². The van der Waals surface area contributed by atoms with E-state index in [0.29, 0.717) is 0 Å². The zero-order valence-electron chi connectivity index (χ0n) is 6.76. The lowest BCUT2D eigenvalue weighted by atomic mass is 9.69. The minimum absolute atomic E-state index is 0.164. The van der Waals surface area contributed by atoms with Crippen molar-refractivity contribution in [2.45, 2.75) is 19.3 Å². The Hall–Kier alpha value is 0.115. The SMILES string of the molecule is C=C([B]C)[C@@H](N)CCSC. The highest BCUT2D eigenvalue weighted by Gasteiger charge is 2.03. The van der Waals surface area contributed by atoms with Crippen LogP contribution in [0.4, 0.5) is 0 Å². The number of thioether (sulfide) groups is 1. The van der Waals surface area contributed by atoms with Crippen molar-refractivity contribution in [3.8, 4) is 0 Å². The van der Waals surface area contributed by atoms with Crippen LogP contribution in [-0.2, 0) is 0 Å². The quantitative estimate of drug-likeness (QED) is 0.607. The van der Waals surface area contributed by atoms with Gasteiger partial charge in [0.1, 0.15) is 7.28 Å². The maximum absolute atomic E-state index is 5.77. The van der Waals surface area contributed by atoms with Crippen molar-refractivity contribution in [1.29, 1.82) is 0 Å². The Morgan fingerprint density at radius 2 is 2.40 bits per heavy atom. The van der Waals surface area contributed by atoms with Crippen LogP contribution in [0.1, 0.15) is 6.42 Å². The Morgan fingerprint density at radius 1 is 1.80 bits per heavy atom. The standard InChI is InChI=1S/C7H15BNS/c1-6(8-2)7(9)4-5-10-3/h7H,1,4-5,9H2,2-3H3/t7-/m0/s1. The van der Waals surface area contributed by atoms with Crippen molar-refractivity contribution >= 4 is 19.0 Å². The Morgan fingerprint density at radius 3 is 2.80 bits per heavy atom. The second-order valence-electron chi connectivity index (χ2n) is 2.25. The smallest absolute Gasteiger partial charge is 0.143 e. The fraction of sp³-hybridized carbons (Fsp3) is 0.714. The van der Waals surface area contributed by atoms with Crippen molar-refractivity contribution < 1.29 is 0 Å². The lowest BCUT2D eigenvalue weighted by Gasteiger charge is -2.11. The monoisotopic (exact) mass is 156 g/mol. The summed E-state index contributed by atoms with van der Waals surface area (Å²) in [5.74, 6) is 1.12. The molecule has 0 aliphatic rings. The molecule has 2 N–H and O–H groups in total. The van der Waals surface area contributed by atoms with Gasteiger partial charge in [0.25, 0.3) is 0 Å². The maximum Gasteiger partial charge on any atom is 0.143 e. The van der Waals surface area contributed by atoms with Crippen molar-refractivity contribution in [1.82, 2.24) is 0 Å². The molecule has 0 aromatic rings. The van der Waals surface area contributed by atoms with Gasteiger partial charge in [-0.15, -0.1) is 12.1 Å². The molecule has 0 aliphatic heterocycles. The third-order valence-electron chi connectivity index (χ3n) is 1.48. The first-order valence-electron chi connectivity index (χ1n) is 3.45. The summed E-state index contributed by atoms with van der Waals surface area (Å²) in [4.78, 5) is 0. The predicted molar refractivity (Wildman–Crippen MR) is 51.7 cm³/mol. The molecule has 0 heterocycles. The van der Waals surface area contributed by atoms with Crippen LogP contribution in [-0.4, -0.2) is 25.3 Å². The number of hydrogen-bond donors (Lipinski definition) is 1. The van der Waals surface area contributed by atoms with Crippen LogP contribution in [0.25, 0.3) is 0 Å². The largest absolute Gasteiger partial charge is 0.325 e. The van der Waals surface area contributed by atoms with Crippen LogP contribution in [0.2, 0.25) is 6.82 Å². The van der Waals surface area contributed by atoms with Crippen LogP contribution in [0.5, 0.6) is 0 Å². The first-order chi connectivity index (χ1) is 4.72. The minimum atomic E-state index is 0.164. The molecule has 0 bridgehead atoms. The molecule has 0 rings (SSSR count). The van der Waals surface area contributed by atoms with Gasteiger partial charge in [0.15, 0.2) is 0 Å². The maximum atomic E-state index is 5.77. The molecule has 1 nitrogen and oxygen atoms in total. The summed E-state index contributed by atoms with van der Waals surface area (Å²) >= 11 is 1.82. The van der Waals surface area contributed by atoms with Gasteiger partial charge in [-0.1, -0.05) is 6.82 Å². The fourth-order valence-corrected chi connectivity index (χ4v) is 1.13. The molecule has 0 unspecified atom stereocenters. The lowest BCUT2D eigenvalue weighted by Crippen LogP contribution is -2.25. The molecule has 1 atom stereocenters. The van der Waals surface area contributed by atoms with E-state index in [0.717, 1.165) is 17.6 Å². The topological polar surface area (TPSA) is 26.0 Å². The summed E-state index contributed by atoms with van der Waals surface area (Å²) in [6.07, 6.45) is 3.12. The third-order valence-corrected chi connectivity index (χ3v) is 2.12. The second kappa shape index (κ2) is 5.87. The summed E-state index contributed by atoms with van der Waals surface area (Å²) in [7, 11) is 1.98. The lowest BCUT2D eigenvalue weighted by molar-refractivity contribution is 0.778. The molecule has 3 heteroatoms. The average molecular weight is 156 g/mol. The first-order valence-corrected chi connectivity index (χ1v) is 4.84. The molecule has 0 saturated heterocycles. The Balaban J connectivity index is 3.41. The Kier molecular flexibility index (Phi) is 5.93. The number of nitrogens with two attached hydrogens (primary N) is 1. The highest BCUT2D eigenvalue weighted by atomic mass is 32.2. The summed E-state index contributed by atoms with van der Waals surface area (Å²) in [5, 5.41) is 0. The Bertz CT molecular complexity index is 106. The summed E-state index contributed by atoms with van der Waals surface area (Å²) in [6, 6.07) is 0.164. The van der Waals surface area contributed by atoms with Crippen LogP contribution >= 0.6 is 11.8 Å². The van der Waals surface area contributed by atoms with Gasteiger partial charge in [-0.3, -0.25) is 0 Å². The van der Waals surface area contributed by atoms with Crippen LogP contribution in [0.15, 0.2) is 12.1 Å². The number of hydrogen-bond acceptors (Lipinski definition) is 2. The van der Waals surface area contributed by atoms with Crippen LogP contribution < -0.4 is 5.73 Å². The third kappa shape index (κ3) is 4.02. The van der Waals surface area contributed by atoms with Gasteiger partial charge >= 0.3 is 0 Å². The van der Waals surface area contributed by atoms with Gasteiger partial charge in [-0.25, -0.2) is 0 Å². The molecule has 0 aromatic heterocycles. The van der Waals surface area contributed by atoms with E-state index >= 15 is 0 Å². The first kappa shape index (κ1) is 10.1. The van der Waals surface area contributed by atoms with Crippen molar-refractivity contribution in [3.05, 3.63) is 12.1 Å². The van der Waals surface area contributed by atoms with E-state index in [1.165, 1.54) is 0 Å². The van der Waals surface area contributed by atoms with E-state index in [1.807, 2.05) is 25.9 Å². The highest BCUT2D eigenvalue weighted by molar-refractivity contribution is 7.98. The van der Waals surface area contributed by atoms with E-state index in [4.69, 9.17) is 5.73 Å². The number of rotatable bonds is 5. The molecule has 0 amide bonds. The molecule has 0 aliphatic carbocycles. The van der Waals surface area contributed by atoms with E-state index in [9.17, 15) is 0 Å². The normalized spacial score (nSPS) is 12.7. The zero-order chi connectivity index (χ0) is 7.98. The summed E-state index contributed by atoms with van der Waals surface area (Å²) in [5.41, 5.74) is 6.82. The van der Waals surface area contributed by atoms with Gasteiger partial charge in [0.2, 0.25) is 0 Å².